The zero-order valence-electron chi connectivity index (χ0n) is 15.1. The second kappa shape index (κ2) is 10.3. The van der Waals surface area contributed by atoms with E-state index in [4.69, 9.17) is 0 Å². The van der Waals surface area contributed by atoms with Crippen LogP contribution in [0, 0.1) is 5.92 Å². The Labute approximate surface area is 167 Å². The van der Waals surface area contributed by atoms with E-state index in [1.54, 1.807) is 7.05 Å². The van der Waals surface area contributed by atoms with Crippen molar-refractivity contribution in [3.05, 3.63) is 18.7 Å². The quantitative estimate of drug-likeness (QED) is 0.271. The van der Waals surface area contributed by atoms with E-state index in [1.165, 1.54) is 6.26 Å². The normalized spacial score (nSPS) is 21.7. The molecule has 1 aromatic rings. The summed E-state index contributed by atoms with van der Waals surface area (Å²) >= 11 is 0. The summed E-state index contributed by atoms with van der Waals surface area (Å²) < 4.78 is 26.7. The van der Waals surface area contributed by atoms with Gasteiger partial charge in [0.25, 0.3) is 0 Å². The third kappa shape index (κ3) is 7.10. The van der Waals surface area contributed by atoms with Crippen LogP contribution in [-0.2, 0) is 10.0 Å². The highest BCUT2D eigenvalue weighted by atomic mass is 127. The molecule has 1 aliphatic rings. The van der Waals surface area contributed by atoms with E-state index in [0.717, 1.165) is 25.5 Å². The van der Waals surface area contributed by atoms with Gasteiger partial charge in [0.05, 0.1) is 18.6 Å². The van der Waals surface area contributed by atoms with Crippen LogP contribution >= 0.6 is 24.0 Å². The van der Waals surface area contributed by atoms with Crippen molar-refractivity contribution in [2.24, 2.45) is 10.9 Å². The summed E-state index contributed by atoms with van der Waals surface area (Å²) in [6.45, 7) is 5.23. The maximum absolute atomic E-state index is 11.0. The van der Waals surface area contributed by atoms with Crippen LogP contribution in [0.2, 0.25) is 0 Å². The summed E-state index contributed by atoms with van der Waals surface area (Å²) in [6.07, 6.45) is 8.67. The first-order valence-electron chi connectivity index (χ1n) is 8.28. The number of likely N-dealkylation sites (tertiary alicyclic amines) is 1. The molecule has 1 fully saturated rings. The van der Waals surface area contributed by atoms with Gasteiger partial charge in [0.1, 0.15) is 0 Å². The highest BCUT2D eigenvalue weighted by Crippen LogP contribution is 2.27. The third-order valence-electron chi connectivity index (χ3n) is 4.34. The van der Waals surface area contributed by atoms with Crippen LogP contribution in [0.15, 0.2) is 23.7 Å². The molecule has 2 N–H and O–H groups in total. The molecule has 144 valence electrons. The molecular weight excluding hydrogens is 455 g/mol. The number of imidazole rings is 1. The third-order valence-corrected chi connectivity index (χ3v) is 5.07. The zero-order chi connectivity index (χ0) is 17.6. The lowest BCUT2D eigenvalue weighted by Crippen LogP contribution is -2.49. The van der Waals surface area contributed by atoms with Gasteiger partial charge in [-0.15, -0.1) is 24.0 Å². The fraction of sp³-hybridized carbons (Fsp3) is 0.733. The number of guanidine groups is 1. The van der Waals surface area contributed by atoms with Gasteiger partial charge in [0.2, 0.25) is 10.0 Å². The van der Waals surface area contributed by atoms with Gasteiger partial charge >= 0.3 is 0 Å². The Hall–Kier alpha value is -0.880. The number of sulfonamides is 1. The van der Waals surface area contributed by atoms with Crippen LogP contribution in [-0.4, -0.2) is 68.3 Å². The smallest absolute Gasteiger partial charge is 0.208 e. The molecule has 0 saturated carbocycles. The number of hydrogen-bond acceptors (Lipinski definition) is 4. The summed E-state index contributed by atoms with van der Waals surface area (Å²) in [6, 6.07) is 0.381. The number of nitrogens with zero attached hydrogens (tertiary/aromatic N) is 4. The van der Waals surface area contributed by atoms with Crippen LogP contribution in [0.4, 0.5) is 0 Å². The van der Waals surface area contributed by atoms with E-state index in [-0.39, 0.29) is 24.0 Å². The number of aliphatic imine (C=N–C) groups is 1. The number of rotatable bonds is 6. The Bertz CT molecular complexity index is 634. The molecule has 0 amide bonds. The predicted molar refractivity (Wildman–Crippen MR) is 111 cm³/mol. The first-order valence-corrected chi connectivity index (χ1v) is 10.2. The van der Waals surface area contributed by atoms with Crippen molar-refractivity contribution in [1.82, 2.24) is 24.5 Å². The predicted octanol–water partition coefficient (Wildman–Crippen LogP) is 0.899. The molecule has 0 spiro atoms. The molecular formula is C15H29IN6O2S. The lowest BCUT2D eigenvalue weighted by atomic mass is 9.93. The Balaban J connectivity index is 0.00000312. The van der Waals surface area contributed by atoms with Gasteiger partial charge in [-0.05, 0) is 18.8 Å². The molecule has 2 heterocycles. The van der Waals surface area contributed by atoms with E-state index in [9.17, 15) is 8.42 Å². The van der Waals surface area contributed by atoms with Crippen LogP contribution in [0.25, 0.3) is 0 Å². The summed E-state index contributed by atoms with van der Waals surface area (Å²) in [5, 5.41) is 3.32. The topological polar surface area (TPSA) is 91.6 Å². The van der Waals surface area contributed by atoms with E-state index in [2.05, 4.69) is 36.4 Å². The van der Waals surface area contributed by atoms with Gasteiger partial charge in [0, 0.05) is 45.6 Å². The van der Waals surface area contributed by atoms with Gasteiger partial charge in [0.15, 0.2) is 5.96 Å². The lowest BCUT2D eigenvalue weighted by Gasteiger charge is -2.39. The van der Waals surface area contributed by atoms with E-state index >= 15 is 0 Å². The van der Waals surface area contributed by atoms with Gasteiger partial charge < -0.3 is 14.8 Å². The Morgan fingerprint density at radius 1 is 1.40 bits per heavy atom. The maximum atomic E-state index is 11.0. The molecule has 8 nitrogen and oxygen atoms in total. The van der Waals surface area contributed by atoms with Gasteiger partial charge in [-0.25, -0.2) is 18.1 Å². The number of hydrogen-bond donors (Lipinski definition) is 2. The van der Waals surface area contributed by atoms with Crippen molar-refractivity contribution in [1.29, 1.82) is 0 Å². The second-order valence-corrected chi connectivity index (χ2v) is 8.12. The van der Waals surface area contributed by atoms with Gasteiger partial charge in [-0.3, -0.25) is 4.99 Å². The van der Waals surface area contributed by atoms with E-state index in [1.807, 2.05) is 18.7 Å². The van der Waals surface area contributed by atoms with Crippen molar-refractivity contribution >= 4 is 40.0 Å². The van der Waals surface area contributed by atoms with E-state index < -0.39 is 10.0 Å². The Kier molecular flexibility index (Phi) is 9.14. The molecule has 1 aliphatic heterocycles. The van der Waals surface area contributed by atoms with Crippen LogP contribution in [0.3, 0.4) is 0 Å². The van der Waals surface area contributed by atoms with E-state index in [0.29, 0.717) is 31.5 Å². The maximum Gasteiger partial charge on any atom is 0.208 e. The molecule has 2 rings (SSSR count). The first-order chi connectivity index (χ1) is 11.4. The average molecular weight is 484 g/mol. The Morgan fingerprint density at radius 3 is 2.76 bits per heavy atom. The number of aromatic nitrogens is 2. The van der Waals surface area contributed by atoms with Crippen LogP contribution < -0.4 is 10.0 Å². The molecule has 2 unspecified atom stereocenters. The molecule has 10 heteroatoms. The fourth-order valence-electron chi connectivity index (χ4n) is 2.97. The molecule has 1 saturated heterocycles. The second-order valence-electron chi connectivity index (χ2n) is 6.28. The summed E-state index contributed by atoms with van der Waals surface area (Å²) in [4.78, 5) is 10.8. The molecule has 0 aromatic carbocycles. The van der Waals surface area contributed by atoms with Crippen molar-refractivity contribution < 1.29 is 8.42 Å². The molecule has 0 bridgehead atoms. The van der Waals surface area contributed by atoms with Crippen LogP contribution in [0.5, 0.6) is 0 Å². The van der Waals surface area contributed by atoms with Gasteiger partial charge in [-0.2, -0.15) is 0 Å². The summed E-state index contributed by atoms with van der Waals surface area (Å²) in [5.74, 6) is 1.46. The van der Waals surface area contributed by atoms with Crippen molar-refractivity contribution in [2.75, 3.05) is 39.5 Å². The molecule has 0 aliphatic carbocycles. The number of nitrogens with one attached hydrogen (secondary N) is 2. The number of halogens is 1. The molecule has 2 atom stereocenters. The largest absolute Gasteiger partial charge is 0.356 e. The average Bonchev–Trinajstić information content (AvgIpc) is 3.05. The summed E-state index contributed by atoms with van der Waals surface area (Å²) in [5.41, 5.74) is 0. The Morgan fingerprint density at radius 2 is 2.16 bits per heavy atom. The SMILES string of the molecule is CN=C(NCCCNS(C)(=O)=O)N1CCC(C)C(n2ccnc2)C1.I. The fourth-order valence-corrected chi connectivity index (χ4v) is 3.49. The number of piperidine rings is 1. The monoisotopic (exact) mass is 484 g/mol. The first kappa shape index (κ1) is 22.2. The summed E-state index contributed by atoms with van der Waals surface area (Å²) in [7, 11) is -1.34. The van der Waals surface area contributed by atoms with Crippen LogP contribution in [0.1, 0.15) is 25.8 Å². The highest BCUT2D eigenvalue weighted by molar-refractivity contribution is 14.0. The van der Waals surface area contributed by atoms with Crippen molar-refractivity contribution in [3.8, 4) is 0 Å². The standard InChI is InChI=1S/C15H28N6O2S.HI/c1-13-5-9-20(11-14(13)21-10-8-17-12-21)15(16-2)18-6-4-7-19-24(3,22)23;/h8,10,12-14,19H,4-7,9,11H2,1-3H3,(H,16,18);1H. The molecule has 1 aromatic heterocycles. The van der Waals surface area contributed by atoms with Crippen molar-refractivity contribution in [2.45, 2.75) is 25.8 Å². The minimum atomic E-state index is -3.12. The minimum absolute atomic E-state index is 0. The lowest BCUT2D eigenvalue weighted by molar-refractivity contribution is 0.189. The van der Waals surface area contributed by atoms with Crippen molar-refractivity contribution in [3.63, 3.8) is 0 Å². The molecule has 0 radical (unpaired) electrons. The zero-order valence-corrected chi connectivity index (χ0v) is 18.2. The van der Waals surface area contributed by atoms with Gasteiger partial charge in [-0.1, -0.05) is 6.92 Å². The minimum Gasteiger partial charge on any atom is -0.356 e. The highest BCUT2D eigenvalue weighted by Gasteiger charge is 2.28. The molecule has 25 heavy (non-hydrogen) atoms.